The molecule has 0 bridgehead atoms. The van der Waals surface area contributed by atoms with Gasteiger partial charge in [-0.2, -0.15) is 16.9 Å². The zero-order valence-electron chi connectivity index (χ0n) is 24.5. The Hall–Kier alpha value is -3.47. The summed E-state index contributed by atoms with van der Waals surface area (Å²) >= 11 is 1.87. The SMILES string of the molecule is CCC1(n2nc(Nc3ccc(C(=O)N4CCSCC4)c(C)c3)c3c(=O)[nH]ccc32)CCN(C(=O)O)C(C(C)(C)C)C1. The first-order valence-electron chi connectivity index (χ1n) is 14.3. The molecule has 2 aliphatic rings. The molecule has 220 valence electrons. The third-order valence-corrected chi connectivity index (χ3v) is 9.68. The highest BCUT2D eigenvalue weighted by Gasteiger charge is 2.47. The molecular formula is C30H40N6O4S. The predicted molar refractivity (Wildman–Crippen MR) is 164 cm³/mol. The van der Waals surface area contributed by atoms with Crippen molar-refractivity contribution in [2.45, 2.75) is 65.5 Å². The van der Waals surface area contributed by atoms with E-state index in [-0.39, 0.29) is 22.9 Å². The lowest BCUT2D eigenvalue weighted by Crippen LogP contribution is -2.57. The minimum atomic E-state index is -0.907. The van der Waals surface area contributed by atoms with Crippen molar-refractivity contribution in [3.63, 3.8) is 0 Å². The van der Waals surface area contributed by atoms with Gasteiger partial charge in [0.1, 0.15) is 5.39 Å². The van der Waals surface area contributed by atoms with Crippen molar-refractivity contribution < 1.29 is 14.7 Å². The molecule has 0 saturated carbocycles. The van der Waals surface area contributed by atoms with Crippen molar-refractivity contribution in [2.24, 2.45) is 5.41 Å². The van der Waals surface area contributed by atoms with Crippen molar-refractivity contribution in [1.29, 1.82) is 0 Å². The molecule has 0 radical (unpaired) electrons. The standard InChI is InChI=1S/C30H40N6O4S/c1-6-30(10-12-35(28(39)40)23(18-30)29(3,4)5)36-22-9-11-31-26(37)24(22)25(33-36)32-20-7-8-21(19(2)17-20)27(38)34-13-15-41-16-14-34/h7-9,11,17,23H,6,10,12-16,18H2,1-5H3,(H,31,37)(H,32,33)(H,39,40). The van der Waals surface area contributed by atoms with Crippen LogP contribution >= 0.6 is 11.8 Å². The zero-order valence-corrected chi connectivity index (χ0v) is 25.3. The molecule has 1 aromatic carbocycles. The van der Waals surface area contributed by atoms with Crippen molar-refractivity contribution in [3.8, 4) is 0 Å². The first-order valence-corrected chi connectivity index (χ1v) is 15.5. The largest absolute Gasteiger partial charge is 0.465 e. The minimum absolute atomic E-state index is 0.0477. The quantitative estimate of drug-likeness (QED) is 0.376. The Bertz CT molecular complexity index is 1520. The number of carbonyl (C=O) groups excluding carboxylic acids is 1. The summed E-state index contributed by atoms with van der Waals surface area (Å²) in [5.41, 5.74) is 2.00. The molecular weight excluding hydrogens is 540 g/mol. The van der Waals surface area contributed by atoms with Crippen LogP contribution in [0.3, 0.4) is 0 Å². The lowest BCUT2D eigenvalue weighted by Gasteiger charge is -2.50. The zero-order chi connectivity index (χ0) is 29.5. The number of nitrogens with one attached hydrogen (secondary N) is 2. The van der Waals surface area contributed by atoms with Crippen LogP contribution < -0.4 is 10.9 Å². The van der Waals surface area contributed by atoms with Gasteiger partial charge >= 0.3 is 6.09 Å². The maximum absolute atomic E-state index is 13.1. The number of thioether (sulfide) groups is 1. The number of piperidine rings is 1. The Balaban J connectivity index is 1.52. The number of aromatic amines is 1. The van der Waals surface area contributed by atoms with Gasteiger partial charge in [-0.1, -0.05) is 27.7 Å². The van der Waals surface area contributed by atoms with E-state index in [1.807, 2.05) is 52.5 Å². The average molecular weight is 581 g/mol. The van der Waals surface area contributed by atoms with Crippen LogP contribution in [0.4, 0.5) is 16.3 Å². The van der Waals surface area contributed by atoms with Crippen molar-refractivity contribution >= 4 is 46.2 Å². The molecule has 2 amide bonds. The summed E-state index contributed by atoms with van der Waals surface area (Å²) in [6.07, 6.45) is 2.65. The highest BCUT2D eigenvalue weighted by molar-refractivity contribution is 7.99. The van der Waals surface area contributed by atoms with Crippen molar-refractivity contribution in [1.82, 2.24) is 24.6 Å². The highest BCUT2D eigenvalue weighted by atomic mass is 32.2. The maximum atomic E-state index is 13.1. The number of amides is 2. The van der Waals surface area contributed by atoms with E-state index in [4.69, 9.17) is 5.10 Å². The Morgan fingerprint density at radius 3 is 2.56 bits per heavy atom. The number of carbonyl (C=O) groups is 2. The van der Waals surface area contributed by atoms with Gasteiger partial charge in [-0.15, -0.1) is 0 Å². The van der Waals surface area contributed by atoms with E-state index in [2.05, 4.69) is 38.0 Å². The Labute approximate surface area is 244 Å². The van der Waals surface area contributed by atoms with Crippen LogP contribution in [-0.2, 0) is 5.54 Å². The number of H-pyrrole nitrogens is 1. The molecule has 0 aliphatic carbocycles. The van der Waals surface area contributed by atoms with Gasteiger partial charge in [0.2, 0.25) is 0 Å². The van der Waals surface area contributed by atoms with Crippen molar-refractivity contribution in [3.05, 3.63) is 51.9 Å². The van der Waals surface area contributed by atoms with Gasteiger partial charge in [-0.05, 0) is 61.4 Å². The predicted octanol–water partition coefficient (Wildman–Crippen LogP) is 5.26. The lowest BCUT2D eigenvalue weighted by atomic mass is 9.72. The van der Waals surface area contributed by atoms with E-state index < -0.39 is 11.6 Å². The molecule has 4 heterocycles. The van der Waals surface area contributed by atoms with Crippen LogP contribution in [0.15, 0.2) is 35.3 Å². The summed E-state index contributed by atoms with van der Waals surface area (Å²) < 4.78 is 1.96. The van der Waals surface area contributed by atoms with E-state index in [9.17, 15) is 19.5 Å². The molecule has 2 unspecified atom stereocenters. The van der Waals surface area contributed by atoms with Gasteiger partial charge in [0.25, 0.3) is 11.5 Å². The summed E-state index contributed by atoms with van der Waals surface area (Å²) in [5.74, 6) is 2.40. The smallest absolute Gasteiger partial charge is 0.407 e. The number of carboxylic acid groups (broad SMARTS) is 1. The number of benzene rings is 1. The van der Waals surface area contributed by atoms with Gasteiger partial charge in [0.15, 0.2) is 5.82 Å². The number of aromatic nitrogens is 3. The number of anilines is 2. The Kier molecular flexibility index (Phi) is 7.84. The van der Waals surface area contributed by atoms with E-state index in [1.54, 1.807) is 11.1 Å². The molecule has 2 saturated heterocycles. The van der Waals surface area contributed by atoms with Crippen LogP contribution in [0.25, 0.3) is 10.9 Å². The van der Waals surface area contributed by atoms with Gasteiger partial charge in [0, 0.05) is 54.6 Å². The van der Waals surface area contributed by atoms with Crippen LogP contribution in [-0.4, -0.2) is 78.9 Å². The van der Waals surface area contributed by atoms with Gasteiger partial charge < -0.3 is 25.2 Å². The van der Waals surface area contributed by atoms with Crippen molar-refractivity contribution in [2.75, 3.05) is 36.5 Å². The van der Waals surface area contributed by atoms with Gasteiger partial charge in [0.05, 0.1) is 11.1 Å². The Morgan fingerprint density at radius 2 is 1.93 bits per heavy atom. The molecule has 2 atom stereocenters. The molecule has 2 aliphatic heterocycles. The number of hydrogen-bond donors (Lipinski definition) is 3. The number of nitrogens with zero attached hydrogens (tertiary/aromatic N) is 4. The van der Waals surface area contributed by atoms with E-state index in [0.29, 0.717) is 41.7 Å². The number of hydrogen-bond acceptors (Lipinski definition) is 6. The van der Waals surface area contributed by atoms with Crippen LogP contribution in [0.1, 0.15) is 62.9 Å². The number of aryl methyl sites for hydroxylation is 1. The third-order valence-electron chi connectivity index (χ3n) is 8.74. The lowest BCUT2D eigenvalue weighted by molar-refractivity contribution is 0.00403. The summed E-state index contributed by atoms with van der Waals surface area (Å²) in [6.45, 7) is 12.1. The fraction of sp³-hybridized carbons (Fsp3) is 0.533. The van der Waals surface area contributed by atoms with Crippen LogP contribution in [0.5, 0.6) is 0 Å². The fourth-order valence-corrected chi connectivity index (χ4v) is 7.21. The molecule has 41 heavy (non-hydrogen) atoms. The molecule has 5 rings (SSSR count). The first-order chi connectivity index (χ1) is 19.4. The topological polar surface area (TPSA) is 124 Å². The van der Waals surface area contributed by atoms with Crippen LogP contribution in [0.2, 0.25) is 0 Å². The minimum Gasteiger partial charge on any atom is -0.465 e. The molecule has 3 N–H and O–H groups in total. The van der Waals surface area contributed by atoms with E-state index in [0.717, 1.165) is 42.3 Å². The van der Waals surface area contributed by atoms with Gasteiger partial charge in [-0.25, -0.2) is 4.79 Å². The summed E-state index contributed by atoms with van der Waals surface area (Å²) in [4.78, 5) is 44.6. The number of likely N-dealkylation sites (tertiary alicyclic amines) is 1. The number of rotatable bonds is 5. The molecule has 2 fully saturated rings. The first kappa shape index (κ1) is 29.0. The second-order valence-corrected chi connectivity index (χ2v) is 13.5. The molecule has 0 spiro atoms. The van der Waals surface area contributed by atoms with Crippen LogP contribution in [0, 0.1) is 12.3 Å². The Morgan fingerprint density at radius 1 is 1.20 bits per heavy atom. The second kappa shape index (κ2) is 11.1. The maximum Gasteiger partial charge on any atom is 0.407 e. The fourth-order valence-electron chi connectivity index (χ4n) is 6.30. The average Bonchev–Trinajstić information content (AvgIpc) is 3.32. The molecule has 11 heteroatoms. The second-order valence-electron chi connectivity index (χ2n) is 12.3. The monoisotopic (exact) mass is 580 g/mol. The summed E-state index contributed by atoms with van der Waals surface area (Å²) in [5, 5.41) is 18.8. The third kappa shape index (κ3) is 5.43. The summed E-state index contributed by atoms with van der Waals surface area (Å²) in [7, 11) is 0. The normalized spacial score (nSPS) is 21.7. The molecule has 3 aromatic rings. The molecule has 2 aromatic heterocycles. The highest BCUT2D eigenvalue weighted by Crippen LogP contribution is 2.44. The van der Waals surface area contributed by atoms with E-state index >= 15 is 0 Å². The van der Waals surface area contributed by atoms with Gasteiger partial charge in [-0.3, -0.25) is 14.3 Å². The number of pyridine rings is 1. The van der Waals surface area contributed by atoms with E-state index in [1.165, 1.54) is 0 Å². The number of fused-ring (bicyclic) bond motifs is 1. The molecule has 10 nitrogen and oxygen atoms in total. The summed E-state index contributed by atoms with van der Waals surface area (Å²) in [6, 6.07) is 7.28.